The molecule has 2 aliphatic rings. The zero-order chi connectivity index (χ0) is 9.42. The monoisotopic (exact) mass is 181 g/mol. The zero-order valence-electron chi connectivity index (χ0n) is 8.51. The Hall–Kier alpha value is -0.500. The summed E-state index contributed by atoms with van der Waals surface area (Å²) in [6.45, 7) is 4.02. The Balaban J connectivity index is 2.16. The van der Waals surface area contributed by atoms with Crippen molar-refractivity contribution in [1.82, 2.24) is 5.32 Å². The average molecular weight is 181 g/mol. The Bertz CT molecular complexity index is 232. The fourth-order valence-electron chi connectivity index (χ4n) is 2.79. The number of fused-ring (bicyclic) bond motifs is 1. The van der Waals surface area contributed by atoms with Gasteiger partial charge in [0.05, 0.1) is 6.10 Å². The molecule has 0 bridgehead atoms. The van der Waals surface area contributed by atoms with Crippen molar-refractivity contribution >= 4 is 0 Å². The first-order valence-corrected chi connectivity index (χ1v) is 5.35. The molecule has 1 heterocycles. The van der Waals surface area contributed by atoms with Crippen LogP contribution < -0.4 is 5.32 Å². The van der Waals surface area contributed by atoms with Crippen LogP contribution in [0.2, 0.25) is 0 Å². The Kier molecular flexibility index (Phi) is 2.33. The molecule has 1 fully saturated rings. The van der Waals surface area contributed by atoms with Crippen LogP contribution in [0, 0.1) is 5.92 Å². The minimum Gasteiger partial charge on any atom is -0.387 e. The van der Waals surface area contributed by atoms with Gasteiger partial charge in [-0.25, -0.2) is 0 Å². The first kappa shape index (κ1) is 9.07. The van der Waals surface area contributed by atoms with Gasteiger partial charge in [-0.05, 0) is 32.3 Å². The summed E-state index contributed by atoms with van der Waals surface area (Å²) in [4.78, 5) is 0. The van der Waals surface area contributed by atoms with Gasteiger partial charge >= 0.3 is 0 Å². The molecule has 2 nitrogen and oxygen atoms in total. The summed E-state index contributed by atoms with van der Waals surface area (Å²) in [6, 6.07) is 0.623. The number of hydrogen-bond acceptors (Lipinski definition) is 2. The summed E-state index contributed by atoms with van der Waals surface area (Å²) in [7, 11) is 0. The van der Waals surface area contributed by atoms with E-state index in [0.29, 0.717) is 12.0 Å². The third-order valence-corrected chi connectivity index (χ3v) is 3.51. The molecule has 1 aliphatic heterocycles. The smallest absolute Gasteiger partial charge is 0.0905 e. The third kappa shape index (κ3) is 1.48. The van der Waals surface area contributed by atoms with E-state index in [4.69, 9.17) is 0 Å². The predicted octanol–water partition coefficient (Wildman–Crippen LogP) is 1.80. The summed E-state index contributed by atoms with van der Waals surface area (Å²) in [5.41, 5.74) is 2.50. The van der Waals surface area contributed by atoms with E-state index in [9.17, 15) is 5.11 Å². The largest absolute Gasteiger partial charge is 0.387 e. The fourth-order valence-corrected chi connectivity index (χ4v) is 2.79. The SMILES string of the molecule is CC1=C(C(C)O)NC2CCCCC12. The van der Waals surface area contributed by atoms with Gasteiger partial charge in [0.25, 0.3) is 0 Å². The van der Waals surface area contributed by atoms with E-state index in [-0.39, 0.29) is 6.10 Å². The van der Waals surface area contributed by atoms with Gasteiger partial charge in [-0.15, -0.1) is 0 Å². The second-order valence-electron chi connectivity index (χ2n) is 4.41. The van der Waals surface area contributed by atoms with Crippen LogP contribution in [0.25, 0.3) is 0 Å². The van der Waals surface area contributed by atoms with E-state index in [1.165, 1.54) is 31.3 Å². The highest BCUT2D eigenvalue weighted by atomic mass is 16.3. The molecule has 1 aliphatic carbocycles. The van der Waals surface area contributed by atoms with E-state index < -0.39 is 0 Å². The number of hydrogen-bond donors (Lipinski definition) is 2. The van der Waals surface area contributed by atoms with Gasteiger partial charge in [0.1, 0.15) is 0 Å². The van der Waals surface area contributed by atoms with Crippen LogP contribution in [-0.4, -0.2) is 17.3 Å². The molecule has 13 heavy (non-hydrogen) atoms. The second-order valence-corrected chi connectivity index (χ2v) is 4.41. The van der Waals surface area contributed by atoms with Gasteiger partial charge in [0.2, 0.25) is 0 Å². The van der Waals surface area contributed by atoms with Crippen molar-refractivity contribution in [2.24, 2.45) is 5.92 Å². The summed E-state index contributed by atoms with van der Waals surface area (Å²) < 4.78 is 0. The Morgan fingerprint density at radius 1 is 1.38 bits per heavy atom. The summed E-state index contributed by atoms with van der Waals surface area (Å²) in [5.74, 6) is 0.707. The van der Waals surface area contributed by atoms with Crippen LogP contribution in [0.15, 0.2) is 11.3 Å². The van der Waals surface area contributed by atoms with Gasteiger partial charge in [-0.1, -0.05) is 12.8 Å². The molecule has 74 valence electrons. The highest BCUT2D eigenvalue weighted by Gasteiger charge is 2.34. The first-order chi connectivity index (χ1) is 6.20. The summed E-state index contributed by atoms with van der Waals surface area (Å²) >= 11 is 0. The van der Waals surface area contributed by atoms with Crippen LogP contribution in [-0.2, 0) is 0 Å². The lowest BCUT2D eigenvalue weighted by atomic mass is 9.82. The van der Waals surface area contributed by atoms with Crippen molar-refractivity contribution in [3.63, 3.8) is 0 Å². The van der Waals surface area contributed by atoms with E-state index in [0.717, 1.165) is 5.70 Å². The van der Waals surface area contributed by atoms with E-state index in [1.807, 2.05) is 6.92 Å². The van der Waals surface area contributed by atoms with Gasteiger partial charge in [0, 0.05) is 17.7 Å². The van der Waals surface area contributed by atoms with Crippen molar-refractivity contribution in [1.29, 1.82) is 0 Å². The molecule has 0 spiro atoms. The standard InChI is InChI=1S/C11H19NO/c1-7-9-5-3-4-6-10(9)12-11(7)8(2)13/h8-10,12-13H,3-6H2,1-2H3. The fraction of sp³-hybridized carbons (Fsp3) is 0.818. The van der Waals surface area contributed by atoms with E-state index in [2.05, 4.69) is 12.2 Å². The normalized spacial score (nSPS) is 35.6. The van der Waals surface area contributed by atoms with Crippen molar-refractivity contribution in [2.75, 3.05) is 0 Å². The minimum absolute atomic E-state index is 0.314. The molecule has 1 saturated carbocycles. The molecular weight excluding hydrogens is 162 g/mol. The van der Waals surface area contributed by atoms with E-state index >= 15 is 0 Å². The number of nitrogens with one attached hydrogen (secondary N) is 1. The molecule has 0 saturated heterocycles. The maximum Gasteiger partial charge on any atom is 0.0905 e. The van der Waals surface area contributed by atoms with E-state index in [1.54, 1.807) is 0 Å². The molecule has 2 N–H and O–H groups in total. The van der Waals surface area contributed by atoms with Crippen molar-refractivity contribution in [2.45, 2.75) is 51.7 Å². The number of aliphatic hydroxyl groups excluding tert-OH is 1. The van der Waals surface area contributed by atoms with Gasteiger partial charge in [-0.2, -0.15) is 0 Å². The van der Waals surface area contributed by atoms with Crippen LogP contribution in [0.1, 0.15) is 39.5 Å². The zero-order valence-corrected chi connectivity index (χ0v) is 8.51. The van der Waals surface area contributed by atoms with Crippen molar-refractivity contribution < 1.29 is 5.11 Å². The lowest BCUT2D eigenvalue weighted by Gasteiger charge is -2.26. The molecule has 0 amide bonds. The van der Waals surface area contributed by atoms with Crippen LogP contribution in [0.4, 0.5) is 0 Å². The maximum atomic E-state index is 9.55. The topological polar surface area (TPSA) is 32.3 Å². The van der Waals surface area contributed by atoms with Crippen molar-refractivity contribution in [3.05, 3.63) is 11.3 Å². The first-order valence-electron chi connectivity index (χ1n) is 5.35. The van der Waals surface area contributed by atoms with Gasteiger partial charge in [0.15, 0.2) is 0 Å². The maximum absolute atomic E-state index is 9.55. The molecule has 0 aromatic carbocycles. The molecule has 3 unspecified atom stereocenters. The van der Waals surface area contributed by atoms with Crippen molar-refractivity contribution in [3.8, 4) is 0 Å². The Morgan fingerprint density at radius 3 is 2.69 bits per heavy atom. The average Bonchev–Trinajstić information content (AvgIpc) is 2.45. The van der Waals surface area contributed by atoms with Crippen LogP contribution in [0.3, 0.4) is 0 Å². The van der Waals surface area contributed by atoms with Gasteiger partial charge < -0.3 is 10.4 Å². The Labute approximate surface area is 80.0 Å². The highest BCUT2D eigenvalue weighted by Crippen LogP contribution is 2.36. The molecule has 0 aromatic rings. The minimum atomic E-state index is -0.314. The van der Waals surface area contributed by atoms with Crippen LogP contribution >= 0.6 is 0 Å². The molecule has 3 atom stereocenters. The lowest BCUT2D eigenvalue weighted by Crippen LogP contribution is -2.33. The lowest BCUT2D eigenvalue weighted by molar-refractivity contribution is 0.220. The Morgan fingerprint density at radius 2 is 2.08 bits per heavy atom. The molecule has 2 heteroatoms. The molecular formula is C11H19NO. The molecule has 0 aromatic heterocycles. The highest BCUT2D eigenvalue weighted by molar-refractivity contribution is 5.26. The summed E-state index contributed by atoms with van der Waals surface area (Å²) in [6.07, 6.45) is 4.96. The van der Waals surface area contributed by atoms with Gasteiger partial charge in [-0.3, -0.25) is 0 Å². The third-order valence-electron chi connectivity index (χ3n) is 3.51. The quantitative estimate of drug-likeness (QED) is 0.646. The molecule has 0 radical (unpaired) electrons. The van der Waals surface area contributed by atoms with Crippen LogP contribution in [0.5, 0.6) is 0 Å². The number of aliphatic hydroxyl groups is 1. The second kappa shape index (κ2) is 3.33. The predicted molar refractivity (Wildman–Crippen MR) is 53.3 cm³/mol. The number of rotatable bonds is 1. The molecule has 2 rings (SSSR count). The summed E-state index contributed by atoms with van der Waals surface area (Å²) in [5, 5.41) is 13.0.